The average Bonchev–Trinajstić information content (AvgIpc) is 2.79. The van der Waals surface area contributed by atoms with Crippen LogP contribution in [0.1, 0.15) is 25.8 Å². The van der Waals surface area contributed by atoms with Gasteiger partial charge in [0.05, 0.1) is 24.1 Å². The van der Waals surface area contributed by atoms with E-state index in [0.29, 0.717) is 24.3 Å². The minimum atomic E-state index is -3.89. The number of nitrogens with zero attached hydrogens (tertiary/aromatic N) is 2. The van der Waals surface area contributed by atoms with Crippen LogP contribution in [0.4, 0.5) is 10.1 Å². The number of benzene rings is 2. The zero-order valence-electron chi connectivity index (χ0n) is 19.5. The molecule has 0 saturated carbocycles. The second kappa shape index (κ2) is 12.0. The van der Waals surface area contributed by atoms with Gasteiger partial charge in [0.1, 0.15) is 24.2 Å². The number of carbonyl (C=O) groups excluding carboxylic acids is 2. The van der Waals surface area contributed by atoms with Crippen molar-refractivity contribution in [1.82, 2.24) is 10.2 Å². The van der Waals surface area contributed by atoms with Gasteiger partial charge in [-0.25, -0.2) is 12.8 Å². The first-order valence-electron chi connectivity index (χ1n) is 10.6. The smallest absolute Gasteiger partial charge is 0.244 e. The normalized spacial score (nSPS) is 12.1. The first-order chi connectivity index (χ1) is 16.0. The molecule has 34 heavy (non-hydrogen) atoms. The number of ether oxygens (including phenoxy) is 1. The van der Waals surface area contributed by atoms with Crippen LogP contribution in [0, 0.1) is 5.82 Å². The summed E-state index contributed by atoms with van der Waals surface area (Å²) in [6.45, 7) is 3.31. The van der Waals surface area contributed by atoms with Crippen molar-refractivity contribution < 1.29 is 27.1 Å². The highest BCUT2D eigenvalue weighted by atomic mass is 35.5. The lowest BCUT2D eigenvalue weighted by Crippen LogP contribution is -2.51. The largest absolute Gasteiger partial charge is 0.495 e. The van der Waals surface area contributed by atoms with Gasteiger partial charge in [0.15, 0.2) is 0 Å². The van der Waals surface area contributed by atoms with Gasteiger partial charge in [-0.15, -0.1) is 0 Å². The Hall–Kier alpha value is -2.85. The number of nitrogens with one attached hydrogen (secondary N) is 1. The maximum atomic E-state index is 13.4. The summed E-state index contributed by atoms with van der Waals surface area (Å²) in [6.07, 6.45) is 1.69. The average molecular weight is 514 g/mol. The molecule has 0 spiro atoms. The van der Waals surface area contributed by atoms with Gasteiger partial charge in [0.2, 0.25) is 21.8 Å². The van der Waals surface area contributed by atoms with E-state index in [1.54, 1.807) is 6.92 Å². The molecule has 0 heterocycles. The van der Waals surface area contributed by atoms with Crippen molar-refractivity contribution in [1.29, 1.82) is 0 Å². The number of amides is 2. The van der Waals surface area contributed by atoms with Crippen LogP contribution in [-0.2, 0) is 26.2 Å². The molecule has 0 aliphatic carbocycles. The molecule has 0 fully saturated rings. The zero-order chi connectivity index (χ0) is 25.5. The standard InChI is InChI=1S/C23H29ClFN3O5S/c1-5-12-26-23(30)16(2)27(14-17-6-8-18(25)9-7-17)22(29)15-28(34(4,31)32)19-10-11-21(33-3)20(24)13-19/h6-11,13,16H,5,12,14-15H2,1-4H3,(H,26,30). The SMILES string of the molecule is CCCNC(=O)C(C)N(Cc1ccc(F)cc1)C(=O)CN(c1ccc(OC)c(Cl)c1)S(C)(=O)=O. The molecule has 0 bridgehead atoms. The van der Waals surface area contributed by atoms with Crippen LogP contribution in [0.5, 0.6) is 5.75 Å². The van der Waals surface area contributed by atoms with Crippen molar-refractivity contribution in [3.05, 3.63) is 58.9 Å². The van der Waals surface area contributed by atoms with Crippen LogP contribution >= 0.6 is 11.6 Å². The van der Waals surface area contributed by atoms with E-state index in [2.05, 4.69) is 5.32 Å². The zero-order valence-corrected chi connectivity index (χ0v) is 21.1. The molecule has 0 radical (unpaired) electrons. The third-order valence-electron chi connectivity index (χ3n) is 5.09. The number of sulfonamides is 1. The summed E-state index contributed by atoms with van der Waals surface area (Å²) in [4.78, 5) is 27.3. The monoisotopic (exact) mass is 513 g/mol. The fraction of sp³-hybridized carbons (Fsp3) is 0.391. The predicted molar refractivity (Wildman–Crippen MR) is 130 cm³/mol. The highest BCUT2D eigenvalue weighted by Crippen LogP contribution is 2.30. The van der Waals surface area contributed by atoms with E-state index >= 15 is 0 Å². The molecule has 1 atom stereocenters. The highest BCUT2D eigenvalue weighted by molar-refractivity contribution is 7.92. The van der Waals surface area contributed by atoms with Crippen LogP contribution in [0.2, 0.25) is 5.02 Å². The van der Waals surface area contributed by atoms with E-state index in [-0.39, 0.29) is 23.2 Å². The van der Waals surface area contributed by atoms with Crippen molar-refractivity contribution in [2.45, 2.75) is 32.9 Å². The van der Waals surface area contributed by atoms with Crippen LogP contribution in [0.15, 0.2) is 42.5 Å². The van der Waals surface area contributed by atoms with Gasteiger partial charge in [-0.05, 0) is 49.2 Å². The van der Waals surface area contributed by atoms with E-state index in [1.807, 2.05) is 6.92 Å². The van der Waals surface area contributed by atoms with Gasteiger partial charge in [-0.1, -0.05) is 30.7 Å². The fourth-order valence-corrected chi connectivity index (χ4v) is 4.28. The third-order valence-corrected chi connectivity index (χ3v) is 6.52. The number of halogens is 2. The number of hydrogen-bond acceptors (Lipinski definition) is 5. The molecule has 2 rings (SSSR count). The van der Waals surface area contributed by atoms with E-state index in [0.717, 1.165) is 10.6 Å². The molecule has 186 valence electrons. The Labute approximate surface area is 204 Å². The van der Waals surface area contributed by atoms with E-state index in [1.165, 1.54) is 54.5 Å². The van der Waals surface area contributed by atoms with Crippen LogP contribution in [0.3, 0.4) is 0 Å². The van der Waals surface area contributed by atoms with Crippen molar-refractivity contribution >= 4 is 39.1 Å². The van der Waals surface area contributed by atoms with Gasteiger partial charge in [0.25, 0.3) is 0 Å². The number of hydrogen-bond donors (Lipinski definition) is 1. The second-order valence-electron chi connectivity index (χ2n) is 7.70. The topological polar surface area (TPSA) is 96.0 Å². The van der Waals surface area contributed by atoms with Crippen molar-refractivity contribution in [2.75, 3.05) is 30.8 Å². The second-order valence-corrected chi connectivity index (χ2v) is 10.0. The lowest BCUT2D eigenvalue weighted by Gasteiger charge is -2.31. The molecular weight excluding hydrogens is 485 g/mol. The fourth-order valence-electron chi connectivity index (χ4n) is 3.19. The first-order valence-corrected chi connectivity index (χ1v) is 12.8. The molecule has 1 N–H and O–H groups in total. The van der Waals surface area contributed by atoms with Gasteiger partial charge >= 0.3 is 0 Å². The van der Waals surface area contributed by atoms with E-state index < -0.39 is 34.3 Å². The Bertz CT molecular complexity index is 1110. The van der Waals surface area contributed by atoms with Gasteiger partial charge in [-0.2, -0.15) is 0 Å². The Morgan fingerprint density at radius 2 is 1.82 bits per heavy atom. The van der Waals surface area contributed by atoms with Crippen LogP contribution < -0.4 is 14.4 Å². The van der Waals surface area contributed by atoms with E-state index in [4.69, 9.17) is 16.3 Å². The third kappa shape index (κ3) is 7.33. The molecule has 2 aromatic carbocycles. The summed E-state index contributed by atoms with van der Waals surface area (Å²) < 4.78 is 44.5. The molecular formula is C23H29ClFN3O5S. The molecule has 2 amide bonds. The number of anilines is 1. The van der Waals surface area contributed by atoms with E-state index in [9.17, 15) is 22.4 Å². The van der Waals surface area contributed by atoms with Crippen LogP contribution in [0.25, 0.3) is 0 Å². The minimum Gasteiger partial charge on any atom is -0.495 e. The molecule has 1 unspecified atom stereocenters. The van der Waals surface area contributed by atoms with Gasteiger partial charge < -0.3 is 15.0 Å². The summed E-state index contributed by atoms with van der Waals surface area (Å²) in [5, 5.41) is 2.92. The highest BCUT2D eigenvalue weighted by Gasteiger charge is 2.30. The van der Waals surface area contributed by atoms with Crippen molar-refractivity contribution in [3.63, 3.8) is 0 Å². The minimum absolute atomic E-state index is 0.0131. The number of methoxy groups -OCH3 is 1. The van der Waals surface area contributed by atoms with Crippen molar-refractivity contribution in [3.8, 4) is 5.75 Å². The molecule has 2 aromatic rings. The first kappa shape index (κ1) is 27.4. The van der Waals surface area contributed by atoms with Crippen molar-refractivity contribution in [2.24, 2.45) is 0 Å². The predicted octanol–water partition coefficient (Wildman–Crippen LogP) is 3.20. The molecule has 0 aliphatic heterocycles. The molecule has 8 nitrogen and oxygen atoms in total. The number of rotatable bonds is 11. The maximum Gasteiger partial charge on any atom is 0.244 e. The molecule has 0 aliphatic rings. The summed E-state index contributed by atoms with van der Waals surface area (Å²) in [7, 11) is -2.46. The quantitative estimate of drug-likeness (QED) is 0.498. The molecule has 0 aromatic heterocycles. The summed E-state index contributed by atoms with van der Waals surface area (Å²) >= 11 is 6.16. The summed E-state index contributed by atoms with van der Waals surface area (Å²) in [5.74, 6) is -1.07. The molecule has 11 heteroatoms. The van der Waals surface area contributed by atoms with Gasteiger partial charge in [-0.3, -0.25) is 13.9 Å². The summed E-state index contributed by atoms with van der Waals surface area (Å²) in [6, 6.07) is 8.97. The summed E-state index contributed by atoms with van der Waals surface area (Å²) in [5.41, 5.74) is 0.759. The lowest BCUT2D eigenvalue weighted by atomic mass is 10.1. The Morgan fingerprint density at radius 3 is 2.35 bits per heavy atom. The van der Waals surface area contributed by atoms with Crippen LogP contribution in [-0.4, -0.2) is 57.6 Å². The Kier molecular flexibility index (Phi) is 9.69. The van der Waals surface area contributed by atoms with Gasteiger partial charge in [0, 0.05) is 13.1 Å². The molecule has 0 saturated heterocycles. The number of carbonyl (C=O) groups is 2. The Morgan fingerprint density at radius 1 is 1.18 bits per heavy atom. The Balaban J connectivity index is 2.38. The maximum absolute atomic E-state index is 13.4. The lowest BCUT2D eigenvalue weighted by molar-refractivity contribution is -0.139.